The summed E-state index contributed by atoms with van der Waals surface area (Å²) in [5, 5.41) is 72.4. The van der Waals surface area contributed by atoms with Crippen molar-refractivity contribution in [1.82, 2.24) is 0 Å². The average Bonchev–Trinajstić information content (AvgIpc) is 3.04. The van der Waals surface area contributed by atoms with Gasteiger partial charge in [0.1, 0.15) is 0 Å². The van der Waals surface area contributed by atoms with Gasteiger partial charge in [-0.2, -0.15) is 0 Å². The van der Waals surface area contributed by atoms with E-state index in [1.807, 2.05) is 6.92 Å². The van der Waals surface area contributed by atoms with Gasteiger partial charge in [0.05, 0.1) is 19.8 Å². The Kier molecular flexibility index (Phi) is 57.1. The molecular formula is C27H44O18. The van der Waals surface area contributed by atoms with Crippen molar-refractivity contribution in [3.8, 4) is 0 Å². The molecule has 260 valence electrons. The van der Waals surface area contributed by atoms with E-state index >= 15 is 0 Å². The van der Waals surface area contributed by atoms with Crippen LogP contribution in [0.4, 0.5) is 0 Å². The number of carbonyl (C=O) groups is 6. The Hall–Kier alpha value is -4.98. The van der Waals surface area contributed by atoms with Crippen molar-refractivity contribution in [3.05, 3.63) is 75.9 Å². The third kappa shape index (κ3) is 68.1. The summed E-state index contributed by atoms with van der Waals surface area (Å²) in [6.07, 6.45) is 6.04. The van der Waals surface area contributed by atoms with Crippen molar-refractivity contribution in [3.63, 3.8) is 0 Å². The Morgan fingerprint density at radius 1 is 0.489 bits per heavy atom. The maximum absolute atomic E-state index is 9.91. The van der Waals surface area contributed by atoms with Crippen LogP contribution in [0, 0.1) is 5.41 Å². The van der Waals surface area contributed by atoms with Crippen LogP contribution in [0.3, 0.4) is 0 Å². The first-order valence-corrected chi connectivity index (χ1v) is 11.6. The van der Waals surface area contributed by atoms with Crippen LogP contribution in [0.2, 0.25) is 0 Å². The largest absolute Gasteiger partial charge is 0.478 e. The summed E-state index contributed by atoms with van der Waals surface area (Å²) in [7, 11) is 0. The molecule has 0 aliphatic carbocycles. The molecule has 0 fully saturated rings. The van der Waals surface area contributed by atoms with Crippen molar-refractivity contribution in [1.29, 1.82) is 0 Å². The number of esters is 3. The van der Waals surface area contributed by atoms with Crippen LogP contribution in [0.1, 0.15) is 13.3 Å². The molecule has 0 aromatic rings. The van der Waals surface area contributed by atoms with Crippen molar-refractivity contribution in [2.75, 3.05) is 40.2 Å². The van der Waals surface area contributed by atoms with Crippen LogP contribution in [0.25, 0.3) is 0 Å². The molecule has 0 radical (unpaired) electrons. The highest BCUT2D eigenvalue weighted by atomic mass is 16.6. The number of hydrogen-bond acceptors (Lipinski definition) is 15. The zero-order valence-electron chi connectivity index (χ0n) is 24.9. The van der Waals surface area contributed by atoms with E-state index in [-0.39, 0.29) is 19.8 Å². The van der Waals surface area contributed by atoms with Crippen LogP contribution in [0.15, 0.2) is 75.9 Å². The number of hydrogen-bond donors (Lipinski definition) is 9. The molecule has 0 aromatic heterocycles. The van der Waals surface area contributed by atoms with E-state index in [1.165, 1.54) is 0 Å². The zero-order valence-corrected chi connectivity index (χ0v) is 24.9. The van der Waals surface area contributed by atoms with Gasteiger partial charge in [-0.15, -0.1) is 0 Å². The normalized spacial score (nSPS) is 8.07. The molecule has 45 heavy (non-hydrogen) atoms. The minimum absolute atomic E-state index is 0.156. The molecule has 0 rings (SSSR count). The Morgan fingerprint density at radius 3 is 0.689 bits per heavy atom. The standard InChI is InChI=1S/C6H14O3.3C4H6O3.3C3H4O2/c1-2-6(3-7,4-8)5-9;3*1-2-4(6)7-3-5;3*1-2-3(4)5/h7-9H,2-5H2,1H3;3*2,5H,1,3H2;3*2H,1H2,(H,4,5). The van der Waals surface area contributed by atoms with E-state index in [1.54, 1.807) is 0 Å². The Bertz CT molecular complexity index is 747. The zero-order chi connectivity index (χ0) is 37.3. The molecule has 0 amide bonds. The van der Waals surface area contributed by atoms with E-state index in [0.717, 1.165) is 36.5 Å². The van der Waals surface area contributed by atoms with Gasteiger partial charge in [-0.3, -0.25) is 0 Å². The van der Waals surface area contributed by atoms with E-state index in [4.69, 9.17) is 46.0 Å². The second kappa shape index (κ2) is 46.0. The minimum Gasteiger partial charge on any atom is -0.478 e. The third-order valence-corrected chi connectivity index (χ3v) is 3.40. The lowest BCUT2D eigenvalue weighted by Crippen LogP contribution is -2.32. The lowest BCUT2D eigenvalue weighted by Gasteiger charge is -2.24. The number of rotatable bonds is 13. The molecule has 0 heterocycles. The van der Waals surface area contributed by atoms with Gasteiger partial charge in [0.2, 0.25) is 0 Å². The van der Waals surface area contributed by atoms with Crippen LogP contribution in [-0.2, 0) is 43.0 Å². The first-order valence-electron chi connectivity index (χ1n) is 11.6. The van der Waals surface area contributed by atoms with Gasteiger partial charge in [0.15, 0.2) is 20.4 Å². The predicted molar refractivity (Wildman–Crippen MR) is 158 cm³/mol. The third-order valence-electron chi connectivity index (χ3n) is 3.40. The maximum atomic E-state index is 9.91. The number of aliphatic hydroxyl groups is 6. The van der Waals surface area contributed by atoms with Crippen molar-refractivity contribution < 1.29 is 88.9 Å². The van der Waals surface area contributed by atoms with Crippen LogP contribution >= 0.6 is 0 Å². The molecule has 0 atom stereocenters. The summed E-state index contributed by atoms with van der Waals surface area (Å²) in [6.45, 7) is 17.8. The van der Waals surface area contributed by atoms with E-state index in [0.29, 0.717) is 6.42 Å². The molecule has 0 spiro atoms. The number of aliphatic carboxylic acids is 3. The summed E-state index contributed by atoms with van der Waals surface area (Å²) in [4.78, 5) is 57.5. The van der Waals surface area contributed by atoms with Gasteiger partial charge < -0.3 is 60.2 Å². The highest BCUT2D eigenvalue weighted by Crippen LogP contribution is 2.18. The Balaban J connectivity index is -0.0000000757. The first-order chi connectivity index (χ1) is 21.0. The smallest absolute Gasteiger partial charge is 0.332 e. The van der Waals surface area contributed by atoms with Crippen LogP contribution in [-0.4, -0.2) is 122 Å². The number of carbonyl (C=O) groups excluding carboxylic acids is 3. The molecule has 9 N–H and O–H groups in total. The van der Waals surface area contributed by atoms with Gasteiger partial charge >= 0.3 is 35.8 Å². The van der Waals surface area contributed by atoms with Gasteiger partial charge in [0, 0.05) is 41.9 Å². The van der Waals surface area contributed by atoms with Gasteiger partial charge in [0.25, 0.3) is 0 Å². The van der Waals surface area contributed by atoms with Crippen molar-refractivity contribution >= 4 is 35.8 Å². The summed E-state index contributed by atoms with van der Waals surface area (Å²) in [6, 6.07) is 0. The Morgan fingerprint density at radius 2 is 0.667 bits per heavy atom. The van der Waals surface area contributed by atoms with E-state index < -0.39 is 61.6 Å². The minimum atomic E-state index is -0.981. The number of carboxylic acids is 3. The van der Waals surface area contributed by atoms with Gasteiger partial charge in [-0.05, 0) is 6.42 Å². The van der Waals surface area contributed by atoms with Crippen LogP contribution in [0.5, 0.6) is 0 Å². The second-order valence-electron chi connectivity index (χ2n) is 6.34. The monoisotopic (exact) mass is 656 g/mol. The fourth-order valence-corrected chi connectivity index (χ4v) is 0.853. The van der Waals surface area contributed by atoms with Gasteiger partial charge in [-0.25, -0.2) is 28.8 Å². The average molecular weight is 657 g/mol. The predicted octanol–water partition coefficient (Wildman–Crippen LogP) is -0.873. The van der Waals surface area contributed by atoms with E-state index in [2.05, 4.69) is 53.7 Å². The molecule has 0 saturated carbocycles. The summed E-state index contributed by atoms with van der Waals surface area (Å²) < 4.78 is 12.0. The second-order valence-corrected chi connectivity index (χ2v) is 6.34. The fraction of sp³-hybridized carbons (Fsp3) is 0.333. The number of ether oxygens (including phenoxy) is 3. The van der Waals surface area contributed by atoms with Crippen molar-refractivity contribution in [2.45, 2.75) is 13.3 Å². The van der Waals surface area contributed by atoms with Gasteiger partial charge in [-0.1, -0.05) is 46.4 Å². The highest BCUT2D eigenvalue weighted by Gasteiger charge is 2.24. The van der Waals surface area contributed by atoms with E-state index in [9.17, 15) is 28.8 Å². The number of carboxylic acid groups (broad SMARTS) is 3. The molecule has 0 aliphatic heterocycles. The molecule has 0 unspecified atom stereocenters. The SMILES string of the molecule is C=CC(=O)O.C=CC(=O)O.C=CC(=O)O.C=CC(=O)OCO.C=CC(=O)OCO.C=CC(=O)OCO.CCC(CO)(CO)CO. The number of aliphatic hydroxyl groups excluding tert-OH is 6. The molecule has 0 saturated heterocycles. The molecule has 0 aliphatic rings. The lowest BCUT2D eigenvalue weighted by atomic mass is 9.88. The molecule has 0 aromatic carbocycles. The van der Waals surface area contributed by atoms with Crippen molar-refractivity contribution in [2.24, 2.45) is 5.41 Å². The lowest BCUT2D eigenvalue weighted by molar-refractivity contribution is -0.146. The molecule has 18 heteroatoms. The highest BCUT2D eigenvalue weighted by molar-refractivity contribution is 5.82. The summed E-state index contributed by atoms with van der Waals surface area (Å²) in [5.41, 5.74) is -0.667. The summed E-state index contributed by atoms with van der Waals surface area (Å²) in [5.74, 6) is -4.77. The van der Waals surface area contributed by atoms with Crippen LogP contribution < -0.4 is 0 Å². The molecular weight excluding hydrogens is 612 g/mol. The first kappa shape index (κ1) is 55.9. The fourth-order valence-electron chi connectivity index (χ4n) is 0.853. The summed E-state index contributed by atoms with van der Waals surface area (Å²) >= 11 is 0. The molecule has 18 nitrogen and oxygen atoms in total. The quantitative estimate of drug-likeness (QED) is 0.0503. The topological polar surface area (TPSA) is 312 Å². The molecule has 0 bridgehead atoms. The maximum Gasteiger partial charge on any atom is 0.332 e. The Labute approximate surface area is 260 Å².